The van der Waals surface area contributed by atoms with Gasteiger partial charge in [0, 0.05) is 16.9 Å². The second-order valence-corrected chi connectivity index (χ2v) is 7.05. The molecule has 1 unspecified atom stereocenters. The summed E-state index contributed by atoms with van der Waals surface area (Å²) in [6.07, 6.45) is 0. The van der Waals surface area contributed by atoms with Gasteiger partial charge < -0.3 is 25.3 Å². The molecule has 1 aliphatic heterocycles. The molecule has 3 aromatic rings. The summed E-state index contributed by atoms with van der Waals surface area (Å²) in [7, 11) is 0. The van der Waals surface area contributed by atoms with E-state index in [1.807, 2.05) is 38.1 Å². The number of rotatable bonds is 5. The van der Waals surface area contributed by atoms with E-state index in [2.05, 4.69) is 10.3 Å². The number of carbonyl (C=O) groups is 1. The van der Waals surface area contributed by atoms with Crippen LogP contribution in [0, 0.1) is 6.92 Å². The summed E-state index contributed by atoms with van der Waals surface area (Å²) in [5, 5.41) is 3.72. The zero-order valence-corrected chi connectivity index (χ0v) is 16.4. The van der Waals surface area contributed by atoms with Gasteiger partial charge in [-0.05, 0) is 50.2 Å². The van der Waals surface area contributed by atoms with Crippen LogP contribution in [0.15, 0.2) is 42.5 Å². The molecule has 29 heavy (non-hydrogen) atoms. The molecule has 0 spiro atoms. The summed E-state index contributed by atoms with van der Waals surface area (Å²) in [6, 6.07) is 12.4. The minimum Gasteiger partial charge on any atom is -0.491 e. The van der Waals surface area contributed by atoms with Crippen LogP contribution in [0.4, 0.5) is 5.69 Å². The van der Waals surface area contributed by atoms with Gasteiger partial charge in [-0.3, -0.25) is 9.78 Å². The average molecular weight is 393 g/mol. The lowest BCUT2D eigenvalue weighted by Crippen LogP contribution is -2.36. The first-order valence-corrected chi connectivity index (χ1v) is 9.50. The number of aromatic nitrogens is 1. The van der Waals surface area contributed by atoms with Crippen molar-refractivity contribution in [3.63, 3.8) is 0 Å². The Morgan fingerprint density at radius 2 is 2.00 bits per heavy atom. The molecule has 150 valence electrons. The lowest BCUT2D eigenvalue weighted by molar-refractivity contribution is 0.0925. The van der Waals surface area contributed by atoms with Crippen molar-refractivity contribution in [3.8, 4) is 17.2 Å². The van der Waals surface area contributed by atoms with Crippen molar-refractivity contribution in [3.05, 3.63) is 53.7 Å². The Labute approximate surface area is 168 Å². The van der Waals surface area contributed by atoms with Gasteiger partial charge in [-0.2, -0.15) is 0 Å². The zero-order valence-electron chi connectivity index (χ0n) is 16.4. The number of hydrogen-bond donors (Lipinski definition) is 2. The Hall–Kier alpha value is -3.48. The van der Waals surface area contributed by atoms with Gasteiger partial charge in [0.15, 0.2) is 11.5 Å². The lowest BCUT2D eigenvalue weighted by atomic mass is 10.1. The highest BCUT2D eigenvalue weighted by Crippen LogP contribution is 2.31. The molecule has 2 heterocycles. The molecule has 3 N–H and O–H groups in total. The molecule has 7 heteroatoms. The molecular formula is C22H23N3O4. The normalized spacial score (nSPS) is 13.7. The van der Waals surface area contributed by atoms with E-state index in [1.54, 1.807) is 18.2 Å². The van der Waals surface area contributed by atoms with E-state index >= 15 is 0 Å². The van der Waals surface area contributed by atoms with Crippen molar-refractivity contribution in [2.45, 2.75) is 19.9 Å². The third-order valence-corrected chi connectivity index (χ3v) is 4.62. The minimum atomic E-state index is -0.217. The van der Waals surface area contributed by atoms with Gasteiger partial charge in [0.05, 0.1) is 16.9 Å². The quantitative estimate of drug-likeness (QED) is 0.692. The van der Waals surface area contributed by atoms with Gasteiger partial charge in [-0.25, -0.2) is 0 Å². The van der Waals surface area contributed by atoms with E-state index in [0.717, 1.165) is 16.6 Å². The van der Waals surface area contributed by atoms with Crippen LogP contribution in [-0.2, 0) is 0 Å². The Morgan fingerprint density at radius 3 is 2.83 bits per heavy atom. The van der Waals surface area contributed by atoms with E-state index in [4.69, 9.17) is 19.9 Å². The van der Waals surface area contributed by atoms with Crippen molar-refractivity contribution in [2.75, 3.05) is 25.6 Å². The van der Waals surface area contributed by atoms with E-state index in [9.17, 15) is 4.79 Å². The van der Waals surface area contributed by atoms with Crippen molar-refractivity contribution in [2.24, 2.45) is 0 Å². The molecule has 0 bridgehead atoms. The molecule has 1 atom stereocenters. The van der Waals surface area contributed by atoms with E-state index < -0.39 is 0 Å². The number of pyridine rings is 1. The van der Waals surface area contributed by atoms with Crippen molar-refractivity contribution in [1.29, 1.82) is 0 Å². The number of amides is 1. The third-order valence-electron chi connectivity index (χ3n) is 4.62. The number of carbonyl (C=O) groups excluding carboxylic acids is 1. The topological polar surface area (TPSA) is 95.7 Å². The number of benzene rings is 2. The van der Waals surface area contributed by atoms with E-state index in [-0.39, 0.29) is 11.9 Å². The molecule has 7 nitrogen and oxygen atoms in total. The SMILES string of the molecule is Cc1cc(N)c2c(OCC(C)NC(=O)c3ccc4c(c3)OCCO4)cccc2n1. The Balaban J connectivity index is 1.42. The number of nitrogen functional groups attached to an aromatic ring is 1. The van der Waals surface area contributed by atoms with Gasteiger partial charge in [0.1, 0.15) is 25.6 Å². The fourth-order valence-electron chi connectivity index (χ4n) is 3.29. The van der Waals surface area contributed by atoms with Gasteiger partial charge in [0.2, 0.25) is 0 Å². The summed E-state index contributed by atoms with van der Waals surface area (Å²) in [5.41, 5.74) is 8.93. The van der Waals surface area contributed by atoms with Crippen LogP contribution in [0.25, 0.3) is 10.9 Å². The predicted molar refractivity (Wildman–Crippen MR) is 111 cm³/mol. The van der Waals surface area contributed by atoms with Crippen LogP contribution in [-0.4, -0.2) is 36.8 Å². The second kappa shape index (κ2) is 7.87. The van der Waals surface area contributed by atoms with Crippen LogP contribution >= 0.6 is 0 Å². The van der Waals surface area contributed by atoms with Gasteiger partial charge in [-0.1, -0.05) is 6.07 Å². The fourth-order valence-corrected chi connectivity index (χ4v) is 3.29. The summed E-state index contributed by atoms with van der Waals surface area (Å²) < 4.78 is 17.0. The first-order chi connectivity index (χ1) is 14.0. The zero-order chi connectivity index (χ0) is 20.4. The smallest absolute Gasteiger partial charge is 0.251 e. The van der Waals surface area contributed by atoms with Gasteiger partial charge in [0.25, 0.3) is 5.91 Å². The number of nitrogens with two attached hydrogens (primary N) is 1. The maximum absolute atomic E-state index is 12.6. The molecule has 1 aliphatic rings. The Bertz CT molecular complexity index is 1070. The number of aryl methyl sites for hydroxylation is 1. The number of fused-ring (bicyclic) bond motifs is 2. The Morgan fingerprint density at radius 1 is 1.21 bits per heavy atom. The molecular weight excluding hydrogens is 370 g/mol. The number of ether oxygens (including phenoxy) is 3. The maximum atomic E-state index is 12.6. The summed E-state index contributed by atoms with van der Waals surface area (Å²) in [5.74, 6) is 1.68. The molecule has 0 radical (unpaired) electrons. The molecule has 1 aromatic heterocycles. The third kappa shape index (κ3) is 4.03. The van der Waals surface area contributed by atoms with Gasteiger partial charge >= 0.3 is 0 Å². The standard InChI is InChI=1S/C22H23N3O4/c1-13-10-16(23)21-17(24-13)4-3-5-19(21)29-12-14(2)25-22(26)15-6-7-18-20(11-15)28-9-8-27-18/h3-7,10-11,14H,8-9,12H2,1-2H3,(H2,23,24)(H,25,26). The lowest BCUT2D eigenvalue weighted by Gasteiger charge is -2.20. The van der Waals surface area contributed by atoms with E-state index in [1.165, 1.54) is 0 Å². The summed E-state index contributed by atoms with van der Waals surface area (Å²) >= 11 is 0. The summed E-state index contributed by atoms with van der Waals surface area (Å²) in [4.78, 5) is 17.1. The van der Waals surface area contributed by atoms with Crippen molar-refractivity contribution < 1.29 is 19.0 Å². The first kappa shape index (κ1) is 18.9. The summed E-state index contributed by atoms with van der Waals surface area (Å²) in [6.45, 7) is 5.07. The molecule has 0 saturated carbocycles. The Kier molecular flexibility index (Phi) is 5.12. The number of nitrogens with one attached hydrogen (secondary N) is 1. The molecule has 1 amide bonds. The highest BCUT2D eigenvalue weighted by atomic mass is 16.6. The predicted octanol–water partition coefficient (Wildman–Crippen LogP) is 3.09. The molecule has 2 aromatic carbocycles. The fraction of sp³-hybridized carbons (Fsp3) is 0.273. The van der Waals surface area contributed by atoms with Crippen LogP contribution < -0.4 is 25.3 Å². The van der Waals surface area contributed by atoms with Crippen LogP contribution in [0.2, 0.25) is 0 Å². The van der Waals surface area contributed by atoms with Gasteiger partial charge in [-0.15, -0.1) is 0 Å². The minimum absolute atomic E-state index is 0.201. The first-order valence-electron chi connectivity index (χ1n) is 9.50. The average Bonchev–Trinajstić information content (AvgIpc) is 2.71. The second-order valence-electron chi connectivity index (χ2n) is 7.05. The van der Waals surface area contributed by atoms with E-state index in [0.29, 0.717) is 48.3 Å². The maximum Gasteiger partial charge on any atom is 0.251 e. The largest absolute Gasteiger partial charge is 0.491 e. The van der Waals surface area contributed by atoms with Crippen molar-refractivity contribution >= 4 is 22.5 Å². The molecule has 0 fully saturated rings. The highest BCUT2D eigenvalue weighted by Gasteiger charge is 2.17. The molecule has 0 aliphatic carbocycles. The van der Waals surface area contributed by atoms with Crippen LogP contribution in [0.3, 0.4) is 0 Å². The monoisotopic (exact) mass is 393 g/mol. The molecule has 0 saturated heterocycles. The molecule has 4 rings (SSSR count). The van der Waals surface area contributed by atoms with Crippen molar-refractivity contribution in [1.82, 2.24) is 10.3 Å². The number of anilines is 1. The highest BCUT2D eigenvalue weighted by molar-refractivity contribution is 5.96. The number of nitrogens with zero attached hydrogens (tertiary/aromatic N) is 1. The number of hydrogen-bond acceptors (Lipinski definition) is 6. The van der Waals surface area contributed by atoms with Crippen LogP contribution in [0.5, 0.6) is 17.2 Å². The van der Waals surface area contributed by atoms with Crippen LogP contribution in [0.1, 0.15) is 23.0 Å².